The van der Waals surface area contributed by atoms with Crippen LogP contribution in [-0.2, 0) is 0 Å². The van der Waals surface area contributed by atoms with Gasteiger partial charge in [0.05, 0.1) is 12.7 Å². The van der Waals surface area contributed by atoms with Gasteiger partial charge in [-0.25, -0.2) is 0 Å². The zero-order chi connectivity index (χ0) is 16.3. The third kappa shape index (κ3) is 5.77. The van der Waals surface area contributed by atoms with Gasteiger partial charge in [0.15, 0.2) is 12.4 Å². The van der Waals surface area contributed by atoms with E-state index < -0.39 is 0 Å². The first-order valence-electron chi connectivity index (χ1n) is 9.31. The highest BCUT2D eigenvalue weighted by atomic mass is 16.3. The van der Waals surface area contributed by atoms with Crippen LogP contribution in [0, 0.1) is 0 Å². The van der Waals surface area contributed by atoms with Crippen molar-refractivity contribution >= 4 is 0 Å². The lowest BCUT2D eigenvalue weighted by Gasteiger charge is -2.38. The molecule has 1 aliphatic heterocycles. The van der Waals surface area contributed by atoms with Gasteiger partial charge < -0.3 is 10.4 Å². The van der Waals surface area contributed by atoms with Crippen molar-refractivity contribution in [1.29, 1.82) is 0 Å². The first kappa shape index (κ1) is 19.2. The number of aliphatic hydroxyl groups excluding tert-OH is 1. The summed E-state index contributed by atoms with van der Waals surface area (Å²) in [6.07, 6.45) is 20.4. The lowest BCUT2D eigenvalue weighted by Crippen LogP contribution is -2.57. The number of hydrogen-bond acceptors (Lipinski definition) is 2. The fraction of sp³-hybridized carbons (Fsp3) is 0.789. The summed E-state index contributed by atoms with van der Waals surface area (Å²) in [5.41, 5.74) is 0. The number of unbranched alkanes of at least 4 members (excludes halogenated alkanes) is 7. The summed E-state index contributed by atoms with van der Waals surface area (Å²) in [5.74, 6) is 0. The van der Waals surface area contributed by atoms with Gasteiger partial charge in [0, 0.05) is 13.3 Å². The maximum atomic E-state index is 10.1. The van der Waals surface area contributed by atoms with E-state index in [4.69, 9.17) is 0 Å². The minimum absolute atomic E-state index is 0.273. The van der Waals surface area contributed by atoms with Gasteiger partial charge in [-0.2, -0.15) is 0 Å². The summed E-state index contributed by atoms with van der Waals surface area (Å²) in [6.45, 7) is 7.20. The second-order valence-electron chi connectivity index (χ2n) is 6.56. The molecule has 3 unspecified atom stereocenters. The summed E-state index contributed by atoms with van der Waals surface area (Å²) in [4.78, 5) is 0. The molecular formula is C19H37N2O+. The Morgan fingerprint density at radius 2 is 1.77 bits per heavy atom. The monoisotopic (exact) mass is 309 g/mol. The van der Waals surface area contributed by atoms with Crippen molar-refractivity contribution in [3.8, 4) is 0 Å². The normalized spacial score (nSPS) is 25.7. The third-order valence-electron chi connectivity index (χ3n) is 4.96. The van der Waals surface area contributed by atoms with E-state index in [0.717, 1.165) is 13.0 Å². The molecule has 0 aromatic rings. The summed E-state index contributed by atoms with van der Waals surface area (Å²) in [7, 11) is 0. The van der Waals surface area contributed by atoms with E-state index in [-0.39, 0.29) is 12.4 Å². The second kappa shape index (κ2) is 10.8. The fourth-order valence-electron chi connectivity index (χ4n) is 3.34. The smallest absolute Gasteiger partial charge is 0.193 e. The van der Waals surface area contributed by atoms with E-state index in [2.05, 4.69) is 37.5 Å². The zero-order valence-electron chi connectivity index (χ0n) is 14.9. The standard InChI is InChI=1S/C19H37N2O/c1-4-6-7-8-9-10-11-12-13-14-15-19-20-16-17-21(19,5-2)18(3)22/h13-14,16-20,22H,4-12,15H2,1-3H3/q+1/b14-13+. The van der Waals surface area contributed by atoms with Crippen molar-refractivity contribution in [3.63, 3.8) is 0 Å². The van der Waals surface area contributed by atoms with Crippen LogP contribution in [0.2, 0.25) is 0 Å². The molecule has 0 bridgehead atoms. The van der Waals surface area contributed by atoms with E-state index in [1.807, 2.05) is 13.1 Å². The van der Waals surface area contributed by atoms with E-state index in [9.17, 15) is 5.11 Å². The Bertz CT molecular complexity index is 338. The molecule has 0 spiro atoms. The topological polar surface area (TPSA) is 32.3 Å². The van der Waals surface area contributed by atoms with Gasteiger partial charge >= 0.3 is 0 Å². The predicted octanol–water partition coefficient (Wildman–Crippen LogP) is 4.65. The first-order valence-corrected chi connectivity index (χ1v) is 9.31. The molecule has 0 radical (unpaired) electrons. The van der Waals surface area contributed by atoms with Crippen molar-refractivity contribution in [2.24, 2.45) is 0 Å². The molecule has 1 rings (SSSR count). The molecule has 128 valence electrons. The van der Waals surface area contributed by atoms with E-state index in [0.29, 0.717) is 4.48 Å². The Balaban J connectivity index is 2.15. The van der Waals surface area contributed by atoms with Gasteiger partial charge in [-0.1, -0.05) is 57.6 Å². The largest absolute Gasteiger partial charge is 0.345 e. The fourth-order valence-corrected chi connectivity index (χ4v) is 3.34. The van der Waals surface area contributed by atoms with Crippen LogP contribution in [0.25, 0.3) is 0 Å². The Morgan fingerprint density at radius 1 is 1.09 bits per heavy atom. The Hall–Kier alpha value is -0.800. The van der Waals surface area contributed by atoms with E-state index in [1.54, 1.807) is 0 Å². The molecular weight excluding hydrogens is 272 g/mol. The van der Waals surface area contributed by atoms with Crippen LogP contribution < -0.4 is 5.32 Å². The van der Waals surface area contributed by atoms with Crippen molar-refractivity contribution in [2.45, 2.75) is 91.0 Å². The molecule has 0 aromatic carbocycles. The van der Waals surface area contributed by atoms with Gasteiger partial charge in [-0.15, -0.1) is 0 Å². The average molecular weight is 310 g/mol. The summed E-state index contributed by atoms with van der Waals surface area (Å²) in [6, 6.07) is 0. The maximum absolute atomic E-state index is 10.1. The summed E-state index contributed by atoms with van der Waals surface area (Å²) in [5, 5.41) is 13.5. The predicted molar refractivity (Wildman–Crippen MR) is 94.9 cm³/mol. The van der Waals surface area contributed by atoms with Gasteiger partial charge in [-0.3, -0.25) is 4.48 Å². The van der Waals surface area contributed by atoms with Gasteiger partial charge in [-0.05, 0) is 19.8 Å². The van der Waals surface area contributed by atoms with Crippen molar-refractivity contribution in [1.82, 2.24) is 5.32 Å². The molecule has 3 heteroatoms. The van der Waals surface area contributed by atoms with Crippen LogP contribution in [-0.4, -0.2) is 28.5 Å². The Kier molecular flexibility index (Phi) is 9.49. The number of hydrogen-bond donors (Lipinski definition) is 2. The molecule has 0 amide bonds. The molecule has 0 aromatic heterocycles. The van der Waals surface area contributed by atoms with Crippen LogP contribution in [0.1, 0.15) is 78.6 Å². The number of quaternary nitrogens is 1. The van der Waals surface area contributed by atoms with E-state index >= 15 is 0 Å². The van der Waals surface area contributed by atoms with Crippen LogP contribution in [0.4, 0.5) is 0 Å². The highest BCUT2D eigenvalue weighted by Gasteiger charge is 2.40. The third-order valence-corrected chi connectivity index (χ3v) is 4.96. The molecule has 3 atom stereocenters. The summed E-state index contributed by atoms with van der Waals surface area (Å²) >= 11 is 0. The zero-order valence-corrected chi connectivity index (χ0v) is 14.9. The minimum atomic E-state index is -0.363. The molecule has 3 nitrogen and oxygen atoms in total. The molecule has 0 fully saturated rings. The van der Waals surface area contributed by atoms with Crippen molar-refractivity contribution in [3.05, 3.63) is 24.6 Å². The molecule has 1 aliphatic rings. The SMILES string of the molecule is CCCCCCCCC/C=C/CC1NC=C[N+]1(CC)C(C)O. The van der Waals surface area contributed by atoms with Gasteiger partial charge in [0.25, 0.3) is 0 Å². The number of rotatable bonds is 12. The minimum Gasteiger partial charge on any atom is -0.345 e. The molecule has 0 saturated carbocycles. The lowest BCUT2D eigenvalue weighted by molar-refractivity contribution is -0.941. The quantitative estimate of drug-likeness (QED) is 0.312. The van der Waals surface area contributed by atoms with Crippen LogP contribution in [0.3, 0.4) is 0 Å². The molecule has 0 saturated heterocycles. The Morgan fingerprint density at radius 3 is 2.41 bits per heavy atom. The Labute approximate surface area is 137 Å². The van der Waals surface area contributed by atoms with E-state index in [1.165, 1.54) is 51.4 Å². The number of nitrogens with zero attached hydrogens (tertiary/aromatic N) is 1. The number of allylic oxidation sites excluding steroid dienone is 1. The number of nitrogens with one attached hydrogen (secondary N) is 1. The lowest BCUT2D eigenvalue weighted by atomic mass is 10.1. The van der Waals surface area contributed by atoms with Gasteiger partial charge in [0.1, 0.15) is 6.20 Å². The summed E-state index contributed by atoms with van der Waals surface area (Å²) < 4.78 is 0.627. The van der Waals surface area contributed by atoms with Crippen LogP contribution >= 0.6 is 0 Å². The molecule has 2 N–H and O–H groups in total. The number of aliphatic hydroxyl groups is 1. The highest BCUT2D eigenvalue weighted by molar-refractivity contribution is 4.91. The first-order chi connectivity index (χ1) is 10.7. The van der Waals surface area contributed by atoms with Crippen molar-refractivity contribution < 1.29 is 9.59 Å². The van der Waals surface area contributed by atoms with Gasteiger partial charge in [0.2, 0.25) is 0 Å². The maximum Gasteiger partial charge on any atom is 0.193 e. The molecule has 0 aliphatic carbocycles. The van der Waals surface area contributed by atoms with Crippen LogP contribution in [0.15, 0.2) is 24.6 Å². The molecule has 22 heavy (non-hydrogen) atoms. The average Bonchev–Trinajstić information content (AvgIpc) is 2.93. The van der Waals surface area contributed by atoms with Crippen LogP contribution in [0.5, 0.6) is 0 Å². The second-order valence-corrected chi connectivity index (χ2v) is 6.56. The molecule has 1 heterocycles. The van der Waals surface area contributed by atoms with Crippen molar-refractivity contribution in [2.75, 3.05) is 6.54 Å². The highest BCUT2D eigenvalue weighted by Crippen LogP contribution is 2.24.